The Kier molecular flexibility index (Phi) is 5.37. The molecule has 0 aliphatic heterocycles. The second-order valence-electron chi connectivity index (χ2n) is 6.36. The molecule has 0 fully saturated rings. The quantitative estimate of drug-likeness (QED) is 0.841. The molecule has 0 unspecified atom stereocenters. The number of benzene rings is 2. The van der Waals surface area contributed by atoms with Gasteiger partial charge in [0.05, 0.1) is 5.92 Å². The summed E-state index contributed by atoms with van der Waals surface area (Å²) >= 11 is 0. The summed E-state index contributed by atoms with van der Waals surface area (Å²) in [6, 6.07) is 14.7. The molecule has 0 heterocycles. The summed E-state index contributed by atoms with van der Waals surface area (Å²) < 4.78 is 5.83. The molecule has 1 N–H and O–H groups in total. The molecule has 2 atom stereocenters. The number of ether oxygens (including phenoxy) is 1. The number of aryl methyl sites for hydroxylation is 1. The Hall–Kier alpha value is -3.08. The van der Waals surface area contributed by atoms with Crippen molar-refractivity contribution in [2.45, 2.75) is 19.8 Å². The highest BCUT2D eigenvalue weighted by molar-refractivity contribution is 5.95. The van der Waals surface area contributed by atoms with E-state index in [1.165, 1.54) is 0 Å². The van der Waals surface area contributed by atoms with Crippen molar-refractivity contribution >= 4 is 17.6 Å². The van der Waals surface area contributed by atoms with Gasteiger partial charge in [-0.1, -0.05) is 30.4 Å². The van der Waals surface area contributed by atoms with E-state index in [2.05, 4.69) is 5.32 Å². The first-order chi connectivity index (χ1) is 12.5. The number of carbonyl (C=O) groups is 2. The van der Waals surface area contributed by atoms with Crippen LogP contribution in [-0.2, 0) is 9.59 Å². The Morgan fingerprint density at radius 2 is 1.65 bits per heavy atom. The van der Waals surface area contributed by atoms with E-state index in [1.54, 1.807) is 30.3 Å². The fraction of sp³-hybridized carbons (Fsp3) is 0.238. The molecule has 0 saturated carbocycles. The van der Waals surface area contributed by atoms with E-state index in [-0.39, 0.29) is 5.91 Å². The molecular weight excluding hydrogens is 330 g/mol. The number of carbonyl (C=O) groups excluding carboxylic acids is 2. The number of anilines is 1. The molecule has 2 aromatic carbocycles. The minimum Gasteiger partial charge on any atom is -0.550 e. The summed E-state index contributed by atoms with van der Waals surface area (Å²) in [6.07, 6.45) is 4.34. The molecule has 5 nitrogen and oxygen atoms in total. The summed E-state index contributed by atoms with van der Waals surface area (Å²) in [7, 11) is 0. The van der Waals surface area contributed by atoms with E-state index in [9.17, 15) is 14.7 Å². The molecule has 1 amide bonds. The number of carboxylic acids is 1. The van der Waals surface area contributed by atoms with Gasteiger partial charge in [-0.25, -0.2) is 0 Å². The van der Waals surface area contributed by atoms with Gasteiger partial charge in [-0.15, -0.1) is 0 Å². The van der Waals surface area contributed by atoms with Gasteiger partial charge in [0.1, 0.15) is 11.5 Å². The van der Waals surface area contributed by atoms with Crippen molar-refractivity contribution in [1.29, 1.82) is 0 Å². The number of aliphatic carboxylic acids is 1. The summed E-state index contributed by atoms with van der Waals surface area (Å²) in [6.45, 7) is 1.97. The van der Waals surface area contributed by atoms with Crippen LogP contribution in [0.5, 0.6) is 11.5 Å². The summed E-state index contributed by atoms with van der Waals surface area (Å²) in [5, 5.41) is 14.0. The first-order valence-corrected chi connectivity index (χ1v) is 8.55. The van der Waals surface area contributed by atoms with Gasteiger partial charge in [0.2, 0.25) is 5.91 Å². The SMILES string of the molecule is Cc1ccccc1Oc1ccc(NC(=O)[C@H]2CC=CC[C@@H]2C(=O)[O-])cc1. The number of carboxylic acid groups (broad SMARTS) is 1. The fourth-order valence-corrected chi connectivity index (χ4v) is 3.00. The zero-order chi connectivity index (χ0) is 18.5. The van der Waals surface area contributed by atoms with Gasteiger partial charge in [0, 0.05) is 17.6 Å². The number of rotatable bonds is 5. The van der Waals surface area contributed by atoms with Crippen molar-refractivity contribution < 1.29 is 19.4 Å². The number of para-hydroxylation sites is 1. The smallest absolute Gasteiger partial charge is 0.228 e. The first kappa shape index (κ1) is 17.7. The van der Waals surface area contributed by atoms with Crippen LogP contribution in [0.15, 0.2) is 60.7 Å². The molecule has 0 bridgehead atoms. The maximum Gasteiger partial charge on any atom is 0.228 e. The van der Waals surface area contributed by atoms with Gasteiger partial charge in [-0.3, -0.25) is 4.79 Å². The average Bonchev–Trinajstić information content (AvgIpc) is 2.65. The number of nitrogens with one attached hydrogen (secondary N) is 1. The van der Waals surface area contributed by atoms with Crippen molar-refractivity contribution in [2.24, 2.45) is 11.8 Å². The van der Waals surface area contributed by atoms with Crippen molar-refractivity contribution in [1.82, 2.24) is 0 Å². The highest BCUT2D eigenvalue weighted by Crippen LogP contribution is 2.28. The van der Waals surface area contributed by atoms with Crippen molar-refractivity contribution in [3.05, 3.63) is 66.2 Å². The van der Waals surface area contributed by atoms with Crippen LogP contribution in [0.3, 0.4) is 0 Å². The van der Waals surface area contributed by atoms with Gasteiger partial charge in [0.25, 0.3) is 0 Å². The molecule has 1 aliphatic rings. The van der Waals surface area contributed by atoms with Gasteiger partial charge >= 0.3 is 0 Å². The third-order valence-electron chi connectivity index (χ3n) is 4.52. The maximum atomic E-state index is 12.4. The lowest BCUT2D eigenvalue weighted by Crippen LogP contribution is -2.41. The molecule has 26 heavy (non-hydrogen) atoms. The second-order valence-corrected chi connectivity index (χ2v) is 6.36. The maximum absolute atomic E-state index is 12.4. The molecule has 0 spiro atoms. The minimum atomic E-state index is -1.18. The Labute approximate surface area is 152 Å². The summed E-state index contributed by atoms with van der Waals surface area (Å²) in [5.41, 5.74) is 1.63. The second kappa shape index (κ2) is 7.87. The lowest BCUT2D eigenvalue weighted by molar-refractivity contribution is -0.313. The van der Waals surface area contributed by atoms with Gasteiger partial charge in [-0.2, -0.15) is 0 Å². The summed E-state index contributed by atoms with van der Waals surface area (Å²) in [4.78, 5) is 23.7. The van der Waals surface area contributed by atoms with Crippen LogP contribution in [0.25, 0.3) is 0 Å². The van der Waals surface area contributed by atoms with Crippen molar-refractivity contribution in [2.75, 3.05) is 5.32 Å². The number of allylic oxidation sites excluding steroid dienone is 2. The molecule has 0 saturated heterocycles. The third kappa shape index (κ3) is 4.11. The highest BCUT2D eigenvalue weighted by Gasteiger charge is 2.29. The van der Waals surface area contributed by atoms with Crippen molar-refractivity contribution in [3.63, 3.8) is 0 Å². The summed E-state index contributed by atoms with van der Waals surface area (Å²) in [5.74, 6) is -1.47. The Morgan fingerprint density at radius 1 is 1.00 bits per heavy atom. The molecule has 0 radical (unpaired) electrons. The highest BCUT2D eigenvalue weighted by atomic mass is 16.5. The van der Waals surface area contributed by atoms with Crippen LogP contribution < -0.4 is 15.2 Å². The number of hydrogen-bond acceptors (Lipinski definition) is 4. The van der Waals surface area contributed by atoms with Crippen LogP contribution >= 0.6 is 0 Å². The zero-order valence-corrected chi connectivity index (χ0v) is 14.5. The lowest BCUT2D eigenvalue weighted by atomic mass is 9.82. The van der Waals surface area contributed by atoms with Gasteiger partial charge in [-0.05, 0) is 55.7 Å². The number of amides is 1. The largest absolute Gasteiger partial charge is 0.550 e. The van der Waals surface area contributed by atoms with Crippen LogP contribution in [0.2, 0.25) is 0 Å². The fourth-order valence-electron chi connectivity index (χ4n) is 3.00. The average molecular weight is 350 g/mol. The monoisotopic (exact) mass is 350 g/mol. The lowest BCUT2D eigenvalue weighted by Gasteiger charge is -2.28. The predicted molar refractivity (Wildman–Crippen MR) is 96.7 cm³/mol. The molecule has 5 heteroatoms. The van der Waals surface area contributed by atoms with Crippen LogP contribution in [0.1, 0.15) is 18.4 Å². The standard InChI is InChI=1S/C21H21NO4/c1-14-6-2-5-9-19(14)26-16-12-10-15(11-13-16)22-20(23)17-7-3-4-8-18(17)21(24)25/h2-6,9-13,17-18H,7-8H2,1H3,(H,22,23)(H,24,25)/p-1/t17-,18-/m0/s1. The van der Waals surface area contributed by atoms with Crippen LogP contribution in [0, 0.1) is 18.8 Å². The van der Waals surface area contributed by atoms with Gasteiger partial charge in [0.15, 0.2) is 0 Å². The van der Waals surface area contributed by atoms with Crippen LogP contribution in [0.4, 0.5) is 5.69 Å². The third-order valence-corrected chi connectivity index (χ3v) is 4.52. The van der Waals surface area contributed by atoms with E-state index in [4.69, 9.17) is 4.74 Å². The van der Waals surface area contributed by atoms with E-state index < -0.39 is 17.8 Å². The van der Waals surface area contributed by atoms with E-state index >= 15 is 0 Å². The topological polar surface area (TPSA) is 78.5 Å². The van der Waals surface area contributed by atoms with Crippen LogP contribution in [-0.4, -0.2) is 11.9 Å². The predicted octanol–water partition coefficient (Wildman–Crippen LogP) is 3.06. The number of hydrogen-bond donors (Lipinski definition) is 1. The Morgan fingerprint density at radius 3 is 2.31 bits per heavy atom. The Bertz CT molecular complexity index is 826. The van der Waals surface area contributed by atoms with E-state index in [1.807, 2.05) is 37.3 Å². The minimum absolute atomic E-state index is 0.309. The van der Waals surface area contributed by atoms with Crippen molar-refractivity contribution in [3.8, 4) is 11.5 Å². The molecule has 3 rings (SSSR count). The molecule has 2 aromatic rings. The molecule has 134 valence electrons. The molecule has 1 aliphatic carbocycles. The van der Waals surface area contributed by atoms with E-state index in [0.717, 1.165) is 11.3 Å². The molecular formula is C21H20NO4-. The Balaban J connectivity index is 1.65. The normalized spacial score (nSPS) is 19.0. The zero-order valence-electron chi connectivity index (χ0n) is 14.5. The van der Waals surface area contributed by atoms with E-state index in [0.29, 0.717) is 24.3 Å². The first-order valence-electron chi connectivity index (χ1n) is 8.55. The molecule has 0 aromatic heterocycles. The van der Waals surface area contributed by atoms with Gasteiger partial charge < -0.3 is 20.0 Å².